The van der Waals surface area contributed by atoms with Crippen LogP contribution in [0, 0.1) is 5.82 Å². The Bertz CT molecular complexity index is 809. The van der Waals surface area contributed by atoms with Crippen molar-refractivity contribution in [3.63, 3.8) is 0 Å². The summed E-state index contributed by atoms with van der Waals surface area (Å²) in [6, 6.07) is 11.4. The molecule has 1 aliphatic rings. The summed E-state index contributed by atoms with van der Waals surface area (Å²) in [4.78, 5) is 24.0. The fourth-order valence-electron chi connectivity index (χ4n) is 3.00. The van der Waals surface area contributed by atoms with Crippen molar-refractivity contribution in [2.75, 3.05) is 6.61 Å². The van der Waals surface area contributed by atoms with Crippen LogP contribution in [0.2, 0.25) is 5.02 Å². The number of amides is 1. The number of halogens is 2. The highest BCUT2D eigenvalue weighted by Gasteiger charge is 2.22. The van der Waals surface area contributed by atoms with Crippen molar-refractivity contribution in [2.24, 2.45) is 0 Å². The lowest BCUT2D eigenvalue weighted by Crippen LogP contribution is -2.34. The lowest BCUT2D eigenvalue weighted by molar-refractivity contribution is -0.125. The predicted octanol–water partition coefficient (Wildman–Crippen LogP) is 3.83. The molecule has 0 aromatic heterocycles. The maximum absolute atomic E-state index is 13.6. The molecule has 0 unspecified atom stereocenters. The molecule has 1 N–H and O–H groups in total. The van der Waals surface area contributed by atoms with Crippen molar-refractivity contribution in [1.29, 1.82) is 0 Å². The number of carbonyl (C=O) groups is 2. The number of carbonyl (C=O) groups excluding carboxylic acids is 2. The van der Waals surface area contributed by atoms with Crippen molar-refractivity contribution in [3.05, 3.63) is 70.0 Å². The van der Waals surface area contributed by atoms with Crippen molar-refractivity contribution >= 4 is 23.5 Å². The van der Waals surface area contributed by atoms with E-state index in [1.807, 2.05) is 18.2 Å². The van der Waals surface area contributed by atoms with Crippen molar-refractivity contribution < 1.29 is 18.7 Å². The third-order valence-electron chi connectivity index (χ3n) is 4.19. The Hall–Kier alpha value is -2.40. The van der Waals surface area contributed by atoms with Gasteiger partial charge in [-0.2, -0.15) is 0 Å². The minimum Gasteiger partial charge on any atom is -0.452 e. The molecule has 2 aromatic rings. The van der Waals surface area contributed by atoms with Gasteiger partial charge in [-0.05, 0) is 48.6 Å². The molecule has 0 aliphatic heterocycles. The normalized spacial score (nSPS) is 16.0. The summed E-state index contributed by atoms with van der Waals surface area (Å²) >= 11 is 5.75. The maximum Gasteiger partial charge on any atom is 0.341 e. The number of benzene rings is 2. The fourth-order valence-corrected chi connectivity index (χ4v) is 3.17. The monoisotopic (exact) mass is 361 g/mol. The zero-order valence-electron chi connectivity index (χ0n) is 13.4. The van der Waals surface area contributed by atoms with E-state index in [9.17, 15) is 14.0 Å². The summed E-state index contributed by atoms with van der Waals surface area (Å²) in [6.07, 6.45) is 2.81. The third kappa shape index (κ3) is 4.17. The van der Waals surface area contributed by atoms with Crippen LogP contribution in [-0.2, 0) is 16.0 Å². The van der Waals surface area contributed by atoms with E-state index in [2.05, 4.69) is 11.4 Å². The van der Waals surface area contributed by atoms with Crippen LogP contribution >= 0.6 is 11.6 Å². The molecular formula is C19H17ClFNO3. The molecule has 0 saturated heterocycles. The van der Waals surface area contributed by atoms with E-state index < -0.39 is 24.3 Å². The van der Waals surface area contributed by atoms with Crippen LogP contribution in [0.15, 0.2) is 42.5 Å². The van der Waals surface area contributed by atoms with Crippen LogP contribution in [0.3, 0.4) is 0 Å². The molecular weight excluding hydrogens is 345 g/mol. The van der Waals surface area contributed by atoms with E-state index in [1.165, 1.54) is 17.7 Å². The van der Waals surface area contributed by atoms with Crippen LogP contribution in [0.1, 0.15) is 40.4 Å². The zero-order chi connectivity index (χ0) is 17.8. The van der Waals surface area contributed by atoms with Gasteiger partial charge < -0.3 is 10.1 Å². The smallest absolute Gasteiger partial charge is 0.341 e. The summed E-state index contributed by atoms with van der Waals surface area (Å²) < 4.78 is 18.5. The Kier molecular flexibility index (Phi) is 5.34. The number of nitrogens with one attached hydrogen (secondary N) is 1. The number of fused-ring (bicyclic) bond motifs is 1. The molecule has 0 heterocycles. The first-order valence-electron chi connectivity index (χ1n) is 8.04. The van der Waals surface area contributed by atoms with E-state index in [0.717, 1.165) is 30.9 Å². The summed E-state index contributed by atoms with van der Waals surface area (Å²) in [5.74, 6) is -2.08. The van der Waals surface area contributed by atoms with Gasteiger partial charge in [-0.15, -0.1) is 0 Å². The van der Waals surface area contributed by atoms with Gasteiger partial charge in [0.2, 0.25) is 0 Å². The topological polar surface area (TPSA) is 55.4 Å². The molecule has 25 heavy (non-hydrogen) atoms. The highest BCUT2D eigenvalue weighted by atomic mass is 35.5. The number of hydrogen-bond acceptors (Lipinski definition) is 3. The first-order valence-corrected chi connectivity index (χ1v) is 8.42. The molecule has 0 fully saturated rings. The quantitative estimate of drug-likeness (QED) is 0.842. The van der Waals surface area contributed by atoms with Gasteiger partial charge in [-0.3, -0.25) is 4.79 Å². The maximum atomic E-state index is 13.6. The summed E-state index contributed by atoms with van der Waals surface area (Å²) in [5, 5.41) is 3.09. The van der Waals surface area contributed by atoms with Crippen LogP contribution < -0.4 is 5.32 Å². The highest BCUT2D eigenvalue weighted by Crippen LogP contribution is 2.29. The number of rotatable bonds is 4. The summed E-state index contributed by atoms with van der Waals surface area (Å²) in [7, 11) is 0. The van der Waals surface area contributed by atoms with Gasteiger partial charge in [0.25, 0.3) is 5.91 Å². The first-order chi connectivity index (χ1) is 12.0. The summed E-state index contributed by atoms with van der Waals surface area (Å²) in [6.45, 7) is -0.469. The van der Waals surface area contributed by atoms with E-state index >= 15 is 0 Å². The van der Waals surface area contributed by atoms with Crippen molar-refractivity contribution in [2.45, 2.75) is 25.3 Å². The number of ether oxygens (including phenoxy) is 1. The minimum atomic E-state index is -0.917. The minimum absolute atomic E-state index is 0.0981. The molecule has 3 rings (SSSR count). The van der Waals surface area contributed by atoms with Gasteiger partial charge in [-0.1, -0.05) is 35.9 Å². The number of esters is 1. The second kappa shape index (κ2) is 7.66. The lowest BCUT2D eigenvalue weighted by Gasteiger charge is -2.26. The van der Waals surface area contributed by atoms with Crippen molar-refractivity contribution in [3.8, 4) is 0 Å². The van der Waals surface area contributed by atoms with Crippen LogP contribution in [0.4, 0.5) is 4.39 Å². The van der Waals surface area contributed by atoms with Crippen LogP contribution in [-0.4, -0.2) is 18.5 Å². The molecule has 0 bridgehead atoms. The molecule has 2 aromatic carbocycles. The van der Waals surface area contributed by atoms with Gasteiger partial charge in [0.1, 0.15) is 5.82 Å². The van der Waals surface area contributed by atoms with Crippen LogP contribution in [0.5, 0.6) is 0 Å². The molecule has 1 aliphatic carbocycles. The molecule has 6 heteroatoms. The average molecular weight is 362 g/mol. The SMILES string of the molecule is O=C(COC(=O)c1cc(Cl)ccc1F)N[C@H]1CCCc2ccccc21. The molecule has 1 amide bonds. The fraction of sp³-hybridized carbons (Fsp3) is 0.263. The second-order valence-electron chi connectivity index (χ2n) is 5.91. The van der Waals surface area contributed by atoms with Gasteiger partial charge in [0.15, 0.2) is 6.61 Å². The largest absolute Gasteiger partial charge is 0.452 e. The zero-order valence-corrected chi connectivity index (χ0v) is 14.2. The van der Waals surface area contributed by atoms with Gasteiger partial charge in [0.05, 0.1) is 11.6 Å². The standard InChI is InChI=1S/C19H17ClFNO3/c20-13-8-9-16(21)15(10-13)19(24)25-11-18(23)22-17-7-3-5-12-4-1-2-6-14(12)17/h1-2,4,6,8-10,17H,3,5,7,11H2,(H,22,23)/t17-/m0/s1. The summed E-state index contributed by atoms with van der Waals surface area (Å²) in [5.41, 5.74) is 2.02. The van der Waals surface area contributed by atoms with E-state index in [1.54, 1.807) is 0 Å². The number of hydrogen-bond donors (Lipinski definition) is 1. The second-order valence-corrected chi connectivity index (χ2v) is 6.35. The van der Waals surface area contributed by atoms with E-state index in [4.69, 9.17) is 16.3 Å². The molecule has 0 spiro atoms. The van der Waals surface area contributed by atoms with E-state index in [-0.39, 0.29) is 16.6 Å². The van der Waals surface area contributed by atoms with E-state index in [0.29, 0.717) is 0 Å². The van der Waals surface area contributed by atoms with Crippen molar-refractivity contribution in [1.82, 2.24) is 5.32 Å². The Morgan fingerprint density at radius 2 is 2.04 bits per heavy atom. The molecule has 130 valence electrons. The molecule has 0 saturated carbocycles. The average Bonchev–Trinajstić information content (AvgIpc) is 2.62. The Morgan fingerprint density at radius 1 is 1.24 bits per heavy atom. The Balaban J connectivity index is 1.59. The van der Waals surface area contributed by atoms with Gasteiger partial charge >= 0.3 is 5.97 Å². The van der Waals surface area contributed by atoms with Gasteiger partial charge in [-0.25, -0.2) is 9.18 Å². The molecule has 4 nitrogen and oxygen atoms in total. The predicted molar refractivity (Wildman–Crippen MR) is 92.0 cm³/mol. The Labute approximate surface area is 149 Å². The first kappa shape index (κ1) is 17.4. The Morgan fingerprint density at radius 3 is 2.88 bits per heavy atom. The molecule has 0 radical (unpaired) electrons. The third-order valence-corrected chi connectivity index (χ3v) is 4.42. The van der Waals surface area contributed by atoms with Gasteiger partial charge in [0, 0.05) is 5.02 Å². The highest BCUT2D eigenvalue weighted by molar-refractivity contribution is 6.30. The molecule has 1 atom stereocenters. The van der Waals surface area contributed by atoms with Crippen LogP contribution in [0.25, 0.3) is 0 Å². The lowest BCUT2D eigenvalue weighted by atomic mass is 9.88. The number of aryl methyl sites for hydroxylation is 1.